The summed E-state index contributed by atoms with van der Waals surface area (Å²) in [6.45, 7) is 6.70. The van der Waals surface area contributed by atoms with Gasteiger partial charge in [-0.2, -0.15) is 0 Å². The van der Waals surface area contributed by atoms with Gasteiger partial charge in [0.2, 0.25) is 0 Å². The summed E-state index contributed by atoms with van der Waals surface area (Å²) in [4.78, 5) is 12.6. The van der Waals surface area contributed by atoms with Gasteiger partial charge in [0.1, 0.15) is 5.82 Å². The van der Waals surface area contributed by atoms with Crippen LogP contribution in [0, 0.1) is 5.82 Å². The van der Waals surface area contributed by atoms with Gasteiger partial charge in [0.15, 0.2) is 0 Å². The Balaban J connectivity index is 3.26. The van der Waals surface area contributed by atoms with E-state index in [0.717, 1.165) is 12.5 Å². The normalized spacial score (nSPS) is 12.6. The van der Waals surface area contributed by atoms with E-state index < -0.39 is 5.97 Å². The Hall–Kier alpha value is -1.84. The topological polar surface area (TPSA) is 40.5 Å². The quantitative estimate of drug-likeness (QED) is 0.800. The first-order valence-corrected chi connectivity index (χ1v) is 6.47. The summed E-state index contributed by atoms with van der Waals surface area (Å²) in [5.41, 5.74) is 1.06. The van der Waals surface area contributed by atoms with E-state index >= 15 is 0 Å². The predicted molar refractivity (Wildman–Crippen MR) is 75.8 cm³/mol. The maximum absolute atomic E-state index is 14.1. The van der Waals surface area contributed by atoms with E-state index in [1.165, 1.54) is 12.1 Å². The Morgan fingerprint density at radius 1 is 1.47 bits per heavy atom. The molecular formula is C15H20FNO2. The van der Waals surface area contributed by atoms with E-state index in [-0.39, 0.29) is 11.9 Å². The number of halogens is 1. The van der Waals surface area contributed by atoms with Crippen LogP contribution in [0.2, 0.25) is 0 Å². The van der Waals surface area contributed by atoms with Gasteiger partial charge >= 0.3 is 5.97 Å². The molecule has 1 aromatic rings. The molecule has 0 amide bonds. The highest BCUT2D eigenvalue weighted by Crippen LogP contribution is 2.28. The van der Waals surface area contributed by atoms with Gasteiger partial charge in [-0.3, -0.25) is 0 Å². The van der Waals surface area contributed by atoms with E-state index in [2.05, 4.69) is 0 Å². The van der Waals surface area contributed by atoms with Crippen molar-refractivity contribution in [1.29, 1.82) is 0 Å². The number of anilines is 1. The van der Waals surface area contributed by atoms with Crippen molar-refractivity contribution in [2.75, 3.05) is 11.4 Å². The first-order chi connectivity index (χ1) is 9.01. The fourth-order valence-corrected chi connectivity index (χ4v) is 2.04. The number of para-hydroxylation sites is 1. The lowest BCUT2D eigenvalue weighted by molar-refractivity contribution is -0.131. The Kier molecular flexibility index (Phi) is 5.55. The van der Waals surface area contributed by atoms with Crippen molar-refractivity contribution in [2.24, 2.45) is 0 Å². The monoisotopic (exact) mass is 265 g/mol. The van der Waals surface area contributed by atoms with Crippen LogP contribution in [0.4, 0.5) is 10.1 Å². The Morgan fingerprint density at radius 2 is 2.16 bits per heavy atom. The molecular weight excluding hydrogens is 245 g/mol. The minimum absolute atomic E-state index is 0.193. The lowest BCUT2D eigenvalue weighted by Crippen LogP contribution is -2.33. The third-order valence-electron chi connectivity index (χ3n) is 3.17. The highest BCUT2D eigenvalue weighted by Gasteiger charge is 2.17. The molecule has 1 unspecified atom stereocenters. The second-order valence-electron chi connectivity index (χ2n) is 4.39. The molecule has 104 valence electrons. The lowest BCUT2D eigenvalue weighted by atomic mass is 10.1. The zero-order valence-corrected chi connectivity index (χ0v) is 11.6. The van der Waals surface area contributed by atoms with E-state index in [9.17, 15) is 9.18 Å². The minimum atomic E-state index is -1.04. The van der Waals surface area contributed by atoms with E-state index in [0.29, 0.717) is 17.8 Å². The second kappa shape index (κ2) is 6.92. The molecule has 0 saturated carbocycles. The molecule has 0 saturated heterocycles. The molecule has 0 heterocycles. The second-order valence-corrected chi connectivity index (χ2v) is 4.39. The van der Waals surface area contributed by atoms with Gasteiger partial charge in [0, 0.05) is 24.2 Å². The molecule has 0 aliphatic heterocycles. The van der Waals surface area contributed by atoms with Crippen molar-refractivity contribution < 1.29 is 14.3 Å². The van der Waals surface area contributed by atoms with Crippen molar-refractivity contribution >= 4 is 17.7 Å². The molecule has 0 spiro atoms. The molecule has 1 N–H and O–H groups in total. The average Bonchev–Trinajstić information content (AvgIpc) is 2.39. The third-order valence-corrected chi connectivity index (χ3v) is 3.17. The van der Waals surface area contributed by atoms with E-state index in [1.807, 2.05) is 25.7 Å². The summed E-state index contributed by atoms with van der Waals surface area (Å²) in [6.07, 6.45) is 3.36. The van der Waals surface area contributed by atoms with Gasteiger partial charge in [0.25, 0.3) is 0 Å². The first-order valence-electron chi connectivity index (χ1n) is 6.47. The van der Waals surface area contributed by atoms with Crippen LogP contribution in [0.5, 0.6) is 0 Å². The van der Waals surface area contributed by atoms with Crippen LogP contribution in [0.25, 0.3) is 6.08 Å². The summed E-state index contributed by atoms with van der Waals surface area (Å²) < 4.78 is 14.1. The van der Waals surface area contributed by atoms with E-state index in [4.69, 9.17) is 5.11 Å². The summed E-state index contributed by atoms with van der Waals surface area (Å²) in [5, 5.41) is 8.69. The van der Waals surface area contributed by atoms with Crippen LogP contribution < -0.4 is 4.90 Å². The first kappa shape index (κ1) is 15.2. The molecule has 1 aromatic carbocycles. The molecule has 0 fully saturated rings. The van der Waals surface area contributed by atoms with Gasteiger partial charge in [0.05, 0.1) is 5.69 Å². The van der Waals surface area contributed by atoms with Gasteiger partial charge in [-0.15, -0.1) is 0 Å². The maximum Gasteiger partial charge on any atom is 0.328 e. The lowest BCUT2D eigenvalue weighted by Gasteiger charge is -2.31. The van der Waals surface area contributed by atoms with Gasteiger partial charge in [-0.05, 0) is 32.4 Å². The number of hydrogen-bond donors (Lipinski definition) is 1. The van der Waals surface area contributed by atoms with Crippen LogP contribution in [-0.2, 0) is 4.79 Å². The smallest absolute Gasteiger partial charge is 0.328 e. The van der Waals surface area contributed by atoms with Gasteiger partial charge in [-0.25, -0.2) is 9.18 Å². The van der Waals surface area contributed by atoms with Crippen molar-refractivity contribution in [3.05, 3.63) is 35.7 Å². The van der Waals surface area contributed by atoms with Gasteiger partial charge in [-0.1, -0.05) is 19.1 Å². The standard InChI is InChI=1S/C15H20FNO2/c1-4-11(3)17(5-2)15-12(9-10-14(18)19)7-6-8-13(15)16/h6-11H,4-5H2,1-3H3,(H,18,19)/b10-9+. The van der Waals surface area contributed by atoms with E-state index in [1.54, 1.807) is 12.1 Å². The zero-order valence-electron chi connectivity index (χ0n) is 11.6. The third kappa shape index (κ3) is 3.81. The van der Waals surface area contributed by atoms with Crippen LogP contribution >= 0.6 is 0 Å². The number of carbonyl (C=O) groups is 1. The predicted octanol–water partition coefficient (Wildman–Crippen LogP) is 3.55. The largest absolute Gasteiger partial charge is 0.478 e. The molecule has 4 heteroatoms. The van der Waals surface area contributed by atoms with Crippen LogP contribution in [-0.4, -0.2) is 23.7 Å². The fraction of sp³-hybridized carbons (Fsp3) is 0.400. The maximum atomic E-state index is 14.1. The molecule has 0 aliphatic carbocycles. The highest BCUT2D eigenvalue weighted by molar-refractivity contribution is 5.87. The van der Waals surface area contributed by atoms with Crippen LogP contribution in [0.15, 0.2) is 24.3 Å². The summed E-state index contributed by atoms with van der Waals surface area (Å²) in [7, 11) is 0. The Labute approximate surface area is 113 Å². The number of carboxylic acids is 1. The highest BCUT2D eigenvalue weighted by atomic mass is 19.1. The average molecular weight is 265 g/mol. The molecule has 0 aliphatic rings. The number of hydrogen-bond acceptors (Lipinski definition) is 2. The summed E-state index contributed by atoms with van der Waals surface area (Å²) in [6, 6.07) is 4.91. The van der Waals surface area contributed by atoms with Gasteiger partial charge < -0.3 is 10.0 Å². The number of nitrogens with zero attached hydrogens (tertiary/aromatic N) is 1. The van der Waals surface area contributed by atoms with Crippen LogP contribution in [0.3, 0.4) is 0 Å². The molecule has 0 bridgehead atoms. The SMILES string of the molecule is CCC(C)N(CC)c1c(F)cccc1/C=C/C(=O)O. The summed E-state index contributed by atoms with van der Waals surface area (Å²) >= 11 is 0. The molecule has 19 heavy (non-hydrogen) atoms. The van der Waals surface area contributed by atoms with Crippen molar-refractivity contribution in [3.63, 3.8) is 0 Å². The molecule has 1 rings (SSSR count). The van der Waals surface area contributed by atoms with Crippen molar-refractivity contribution in [3.8, 4) is 0 Å². The van der Waals surface area contributed by atoms with Crippen molar-refractivity contribution in [1.82, 2.24) is 0 Å². The summed E-state index contributed by atoms with van der Waals surface area (Å²) in [5.74, 6) is -1.36. The van der Waals surface area contributed by atoms with Crippen molar-refractivity contribution in [2.45, 2.75) is 33.2 Å². The number of aliphatic carboxylic acids is 1. The fourth-order valence-electron chi connectivity index (χ4n) is 2.04. The number of benzene rings is 1. The number of carboxylic acid groups (broad SMARTS) is 1. The molecule has 3 nitrogen and oxygen atoms in total. The molecule has 0 radical (unpaired) electrons. The zero-order chi connectivity index (χ0) is 14.4. The Bertz CT molecular complexity index is 471. The minimum Gasteiger partial charge on any atom is -0.478 e. The molecule has 0 aromatic heterocycles. The van der Waals surface area contributed by atoms with Crippen LogP contribution in [0.1, 0.15) is 32.8 Å². The number of rotatable bonds is 6. The molecule has 1 atom stereocenters. The Morgan fingerprint density at radius 3 is 2.68 bits per heavy atom.